The predicted molar refractivity (Wildman–Crippen MR) is 118 cm³/mol. The minimum atomic E-state index is -0.770. The number of likely N-dealkylation sites (N-methyl/N-ethyl adjacent to an activating group) is 1. The summed E-state index contributed by atoms with van der Waals surface area (Å²) >= 11 is 0. The molecule has 0 heterocycles. The molecule has 0 bridgehead atoms. The van der Waals surface area contributed by atoms with Crippen LogP contribution in [0.4, 0.5) is 0 Å². The monoisotopic (exact) mass is 411 g/mol. The molecule has 0 saturated carbocycles. The second-order valence-corrected chi connectivity index (χ2v) is 8.18. The van der Waals surface area contributed by atoms with Gasteiger partial charge in [-0.2, -0.15) is 0 Å². The van der Waals surface area contributed by atoms with Crippen molar-refractivity contribution in [3.05, 3.63) is 65.2 Å². The highest BCUT2D eigenvalue weighted by Crippen LogP contribution is 2.40. The van der Waals surface area contributed by atoms with Crippen molar-refractivity contribution in [1.29, 1.82) is 0 Å². The maximum atomic E-state index is 12.1. The summed E-state index contributed by atoms with van der Waals surface area (Å²) < 4.78 is 5.91. The lowest BCUT2D eigenvalue weighted by molar-refractivity contribution is -0.143. The van der Waals surface area contributed by atoms with E-state index in [1.54, 1.807) is 13.2 Å². The number of phenols is 1. The van der Waals surface area contributed by atoms with E-state index in [-0.39, 0.29) is 23.8 Å². The second kappa shape index (κ2) is 10.1. The van der Waals surface area contributed by atoms with Crippen LogP contribution in [-0.2, 0) is 22.4 Å². The molecule has 5 nitrogen and oxygen atoms in total. The van der Waals surface area contributed by atoms with Crippen LogP contribution in [0.3, 0.4) is 0 Å². The van der Waals surface area contributed by atoms with E-state index in [2.05, 4.69) is 18.7 Å². The number of methoxy groups -OCH3 is 1. The number of nitrogens with zero attached hydrogens (tertiary/aromatic N) is 1. The van der Waals surface area contributed by atoms with Gasteiger partial charge in [0.1, 0.15) is 5.75 Å². The van der Waals surface area contributed by atoms with Crippen LogP contribution in [0, 0.1) is 5.92 Å². The number of hydrogen-bond donors (Lipinski definition) is 2. The Balaban J connectivity index is 1.89. The molecule has 2 aromatic carbocycles. The highest BCUT2D eigenvalue weighted by atomic mass is 16.5. The van der Waals surface area contributed by atoms with Gasteiger partial charge in [-0.3, -0.25) is 9.69 Å². The zero-order valence-electron chi connectivity index (χ0n) is 18.1. The number of hydrogen-bond acceptors (Lipinski definition) is 4. The summed E-state index contributed by atoms with van der Waals surface area (Å²) in [5.41, 5.74) is 3.40. The summed E-state index contributed by atoms with van der Waals surface area (Å²) in [5, 5.41) is 20.0. The number of benzene rings is 2. The molecule has 30 heavy (non-hydrogen) atoms. The Morgan fingerprint density at radius 1 is 1.20 bits per heavy atom. The van der Waals surface area contributed by atoms with Gasteiger partial charge >= 0.3 is 5.97 Å². The fraction of sp³-hybridized carbons (Fsp3) is 0.480. The third-order valence-corrected chi connectivity index (χ3v) is 6.44. The average Bonchev–Trinajstić information content (AvgIpc) is 2.76. The molecule has 1 aliphatic carbocycles. The Hall–Kier alpha value is -2.37. The van der Waals surface area contributed by atoms with Crippen molar-refractivity contribution in [3.8, 4) is 5.75 Å². The number of aromatic hydroxyl groups is 1. The van der Waals surface area contributed by atoms with Crippen LogP contribution < -0.4 is 0 Å². The first-order valence-electron chi connectivity index (χ1n) is 10.8. The molecule has 162 valence electrons. The molecule has 0 spiro atoms. The summed E-state index contributed by atoms with van der Waals surface area (Å²) in [7, 11) is 1.74. The van der Waals surface area contributed by atoms with Gasteiger partial charge in [-0.05, 0) is 48.2 Å². The van der Waals surface area contributed by atoms with Crippen molar-refractivity contribution >= 4 is 5.97 Å². The molecule has 0 amide bonds. The summed E-state index contributed by atoms with van der Waals surface area (Å²) in [6.07, 6.45) is 2.15. The van der Waals surface area contributed by atoms with Gasteiger partial charge in [-0.15, -0.1) is 0 Å². The number of phenolic OH excluding ortho intramolecular Hbond substituents is 1. The number of carboxylic acid groups (broad SMARTS) is 1. The molecule has 0 saturated heterocycles. The molecule has 5 heteroatoms. The van der Waals surface area contributed by atoms with Gasteiger partial charge in [-0.25, -0.2) is 0 Å². The number of aliphatic carboxylic acids is 1. The molecule has 2 aromatic rings. The third-order valence-electron chi connectivity index (χ3n) is 6.44. The van der Waals surface area contributed by atoms with Crippen molar-refractivity contribution in [2.75, 3.05) is 20.2 Å². The molecule has 0 radical (unpaired) electrons. The zero-order chi connectivity index (χ0) is 21.7. The summed E-state index contributed by atoms with van der Waals surface area (Å²) in [5.74, 6) is -0.810. The van der Waals surface area contributed by atoms with Crippen molar-refractivity contribution in [2.24, 2.45) is 5.92 Å². The smallest absolute Gasteiger partial charge is 0.308 e. The normalized spacial score (nSPS) is 21.9. The molecular weight excluding hydrogens is 378 g/mol. The fourth-order valence-corrected chi connectivity index (χ4v) is 4.94. The van der Waals surface area contributed by atoms with E-state index in [0.29, 0.717) is 13.0 Å². The van der Waals surface area contributed by atoms with Crippen LogP contribution in [0.2, 0.25) is 0 Å². The van der Waals surface area contributed by atoms with Crippen molar-refractivity contribution < 1.29 is 19.7 Å². The zero-order valence-corrected chi connectivity index (χ0v) is 18.1. The Bertz CT molecular complexity index is 838. The predicted octanol–water partition coefficient (Wildman–Crippen LogP) is 4.09. The van der Waals surface area contributed by atoms with Crippen molar-refractivity contribution in [3.63, 3.8) is 0 Å². The van der Waals surface area contributed by atoms with Crippen LogP contribution in [0.25, 0.3) is 0 Å². The third kappa shape index (κ3) is 4.85. The van der Waals surface area contributed by atoms with Gasteiger partial charge in [0.05, 0.1) is 12.0 Å². The molecule has 0 aliphatic heterocycles. The van der Waals surface area contributed by atoms with Gasteiger partial charge in [0.2, 0.25) is 0 Å². The lowest BCUT2D eigenvalue weighted by atomic mass is 9.75. The van der Waals surface area contributed by atoms with E-state index in [9.17, 15) is 15.0 Å². The first kappa shape index (κ1) is 22.3. The summed E-state index contributed by atoms with van der Waals surface area (Å²) in [4.78, 5) is 14.4. The highest BCUT2D eigenvalue weighted by molar-refractivity contribution is 5.70. The van der Waals surface area contributed by atoms with Crippen LogP contribution >= 0.6 is 0 Å². The Morgan fingerprint density at radius 2 is 1.93 bits per heavy atom. The van der Waals surface area contributed by atoms with Gasteiger partial charge < -0.3 is 14.9 Å². The van der Waals surface area contributed by atoms with Crippen molar-refractivity contribution in [2.45, 2.75) is 51.2 Å². The van der Waals surface area contributed by atoms with E-state index >= 15 is 0 Å². The van der Waals surface area contributed by atoms with Crippen LogP contribution in [-0.4, -0.2) is 53.4 Å². The van der Waals surface area contributed by atoms with E-state index in [4.69, 9.17) is 4.74 Å². The number of carboxylic acids is 1. The van der Waals surface area contributed by atoms with E-state index < -0.39 is 11.9 Å². The van der Waals surface area contributed by atoms with Gasteiger partial charge in [-0.1, -0.05) is 50.2 Å². The quantitative estimate of drug-likeness (QED) is 0.650. The molecule has 2 N–H and O–H groups in total. The van der Waals surface area contributed by atoms with E-state index in [0.717, 1.165) is 30.5 Å². The first-order chi connectivity index (χ1) is 14.5. The van der Waals surface area contributed by atoms with Gasteiger partial charge in [0.25, 0.3) is 0 Å². The largest absolute Gasteiger partial charge is 0.508 e. The maximum absolute atomic E-state index is 12.1. The second-order valence-electron chi connectivity index (χ2n) is 8.18. The molecule has 4 atom stereocenters. The number of ether oxygens (including phenoxy) is 1. The van der Waals surface area contributed by atoms with Gasteiger partial charge in [0.15, 0.2) is 0 Å². The molecule has 3 rings (SSSR count). The maximum Gasteiger partial charge on any atom is 0.308 e. The molecule has 0 fully saturated rings. The fourth-order valence-electron chi connectivity index (χ4n) is 4.94. The Labute approximate surface area is 179 Å². The lowest BCUT2D eigenvalue weighted by Crippen LogP contribution is -2.53. The number of rotatable bonds is 9. The minimum absolute atomic E-state index is 0.0156. The van der Waals surface area contributed by atoms with E-state index in [1.165, 1.54) is 5.56 Å². The SMILES string of the molecule is CC[C@@H]1c2cc(O)ccc2CC(OC)[C@H]1N(CC)CC(Cc1ccccc1)C(=O)O. The standard InChI is InChI=1S/C25H33NO4/c1-4-21-22-15-20(27)12-11-18(22)14-23(30-3)24(21)26(5-2)16-19(25(28)29)13-17-9-7-6-8-10-17/h6-12,15,19,21,23-24,27H,4-5,13-14,16H2,1-3H3,(H,28,29)/t19?,21-,23?,24+/m1/s1. The van der Waals surface area contributed by atoms with Gasteiger partial charge in [0, 0.05) is 32.0 Å². The molecule has 2 unspecified atom stereocenters. The highest BCUT2D eigenvalue weighted by Gasteiger charge is 2.40. The summed E-state index contributed by atoms with van der Waals surface area (Å²) in [6.45, 7) is 5.44. The minimum Gasteiger partial charge on any atom is -0.508 e. The first-order valence-corrected chi connectivity index (χ1v) is 10.8. The molecular formula is C25H33NO4. The molecule has 1 aliphatic rings. The lowest BCUT2D eigenvalue weighted by Gasteiger charge is -2.45. The van der Waals surface area contributed by atoms with Crippen LogP contribution in [0.15, 0.2) is 48.5 Å². The number of fused-ring (bicyclic) bond motifs is 1. The van der Waals surface area contributed by atoms with E-state index in [1.807, 2.05) is 42.5 Å². The Kier molecular flexibility index (Phi) is 7.51. The van der Waals surface area contributed by atoms with Crippen molar-refractivity contribution in [1.82, 2.24) is 4.90 Å². The average molecular weight is 412 g/mol. The van der Waals surface area contributed by atoms with Crippen LogP contribution in [0.5, 0.6) is 5.75 Å². The molecule has 0 aromatic heterocycles. The number of carbonyl (C=O) groups is 1. The Morgan fingerprint density at radius 3 is 2.53 bits per heavy atom. The van der Waals surface area contributed by atoms with Crippen LogP contribution in [0.1, 0.15) is 42.9 Å². The summed E-state index contributed by atoms with van der Waals surface area (Å²) in [6, 6.07) is 15.5. The topological polar surface area (TPSA) is 70.0 Å².